The lowest BCUT2D eigenvalue weighted by Crippen LogP contribution is -2.54. The van der Waals surface area contributed by atoms with E-state index in [9.17, 15) is 0 Å². The molecular weight excluding hydrogens is 232 g/mol. The zero-order valence-corrected chi connectivity index (χ0v) is 11.8. The summed E-state index contributed by atoms with van der Waals surface area (Å²) in [6, 6.07) is 6.37. The second kappa shape index (κ2) is 3.91. The predicted molar refractivity (Wildman–Crippen MR) is 80.1 cm³/mol. The third-order valence-corrected chi connectivity index (χ3v) is 5.76. The standard InChI is InChI=1S/C17H24N2/c1-11-3-2-4-15(16(11)18)19-17-8-12-5-13(9-17)7-14(6-12)10-17/h2-4,12-14,19H,5-10,18H2,1H3. The first kappa shape index (κ1) is 11.6. The second-order valence-corrected chi connectivity index (χ2v) is 7.36. The van der Waals surface area contributed by atoms with Crippen molar-refractivity contribution < 1.29 is 0 Å². The Bertz CT molecular complexity index is 471. The smallest absolute Gasteiger partial charge is 0.0580 e. The van der Waals surface area contributed by atoms with Crippen LogP contribution in [0.15, 0.2) is 18.2 Å². The molecule has 2 heteroatoms. The van der Waals surface area contributed by atoms with Gasteiger partial charge in [0.25, 0.3) is 0 Å². The number of hydrogen-bond donors (Lipinski definition) is 2. The average Bonchev–Trinajstić information content (AvgIpc) is 2.33. The summed E-state index contributed by atoms with van der Waals surface area (Å²) in [5.41, 5.74) is 9.91. The molecule has 0 saturated heterocycles. The molecule has 0 spiro atoms. The minimum Gasteiger partial charge on any atom is -0.397 e. The molecule has 1 aromatic carbocycles. The zero-order valence-electron chi connectivity index (χ0n) is 11.8. The maximum Gasteiger partial charge on any atom is 0.0580 e. The van der Waals surface area contributed by atoms with Crippen LogP contribution in [0.5, 0.6) is 0 Å². The van der Waals surface area contributed by atoms with Crippen molar-refractivity contribution in [1.29, 1.82) is 0 Å². The van der Waals surface area contributed by atoms with Crippen LogP contribution in [0.4, 0.5) is 11.4 Å². The first-order valence-corrected chi connectivity index (χ1v) is 7.77. The van der Waals surface area contributed by atoms with Crippen LogP contribution in [0.1, 0.15) is 44.1 Å². The monoisotopic (exact) mass is 256 g/mol. The molecular formula is C17H24N2. The Morgan fingerprint density at radius 2 is 1.63 bits per heavy atom. The van der Waals surface area contributed by atoms with Crippen LogP contribution in [-0.2, 0) is 0 Å². The van der Waals surface area contributed by atoms with Gasteiger partial charge < -0.3 is 11.1 Å². The molecule has 5 rings (SSSR count). The van der Waals surface area contributed by atoms with E-state index >= 15 is 0 Å². The van der Waals surface area contributed by atoms with Crippen LogP contribution < -0.4 is 11.1 Å². The van der Waals surface area contributed by atoms with Crippen molar-refractivity contribution in [2.24, 2.45) is 17.8 Å². The van der Waals surface area contributed by atoms with E-state index in [1.54, 1.807) is 0 Å². The van der Waals surface area contributed by atoms with Crippen LogP contribution in [0.3, 0.4) is 0 Å². The highest BCUT2D eigenvalue weighted by atomic mass is 15.0. The van der Waals surface area contributed by atoms with Crippen LogP contribution >= 0.6 is 0 Å². The van der Waals surface area contributed by atoms with E-state index in [0.29, 0.717) is 5.54 Å². The summed E-state index contributed by atoms with van der Waals surface area (Å²) in [6.07, 6.45) is 8.57. The van der Waals surface area contributed by atoms with Gasteiger partial charge in [-0.2, -0.15) is 0 Å². The van der Waals surface area contributed by atoms with Gasteiger partial charge in [0.1, 0.15) is 0 Å². The summed E-state index contributed by atoms with van der Waals surface area (Å²) < 4.78 is 0. The molecule has 19 heavy (non-hydrogen) atoms. The molecule has 1 aromatic rings. The fourth-order valence-electron chi connectivity index (χ4n) is 5.34. The highest BCUT2D eigenvalue weighted by molar-refractivity contribution is 5.70. The summed E-state index contributed by atoms with van der Waals surface area (Å²) in [6.45, 7) is 2.10. The zero-order chi connectivity index (χ0) is 13.0. The third-order valence-electron chi connectivity index (χ3n) is 5.76. The minimum absolute atomic E-state index is 0.358. The third kappa shape index (κ3) is 1.84. The van der Waals surface area contributed by atoms with Crippen molar-refractivity contribution in [3.63, 3.8) is 0 Å². The average molecular weight is 256 g/mol. The number of aryl methyl sites for hydroxylation is 1. The van der Waals surface area contributed by atoms with Crippen LogP contribution in [0.2, 0.25) is 0 Å². The molecule has 0 atom stereocenters. The van der Waals surface area contributed by atoms with Gasteiger partial charge in [-0.25, -0.2) is 0 Å². The fourth-order valence-corrected chi connectivity index (χ4v) is 5.34. The Hall–Kier alpha value is -1.18. The maximum atomic E-state index is 6.25. The molecule has 0 aromatic heterocycles. The summed E-state index contributed by atoms with van der Waals surface area (Å²) in [5, 5.41) is 3.87. The number of nitrogen functional groups attached to an aromatic ring is 1. The largest absolute Gasteiger partial charge is 0.397 e. The molecule has 0 radical (unpaired) electrons. The van der Waals surface area contributed by atoms with Gasteiger partial charge >= 0.3 is 0 Å². The SMILES string of the molecule is Cc1cccc(NC23CC4CC(CC(C4)C2)C3)c1N. The number of para-hydroxylation sites is 1. The van der Waals surface area contributed by atoms with Crippen LogP contribution in [0, 0.1) is 24.7 Å². The molecule has 0 amide bonds. The molecule has 4 aliphatic carbocycles. The van der Waals surface area contributed by atoms with Gasteiger partial charge in [0, 0.05) is 5.54 Å². The molecule has 0 unspecified atom stereocenters. The van der Waals surface area contributed by atoms with Gasteiger partial charge in [-0.15, -0.1) is 0 Å². The van der Waals surface area contributed by atoms with Crippen LogP contribution in [0.25, 0.3) is 0 Å². The lowest BCUT2D eigenvalue weighted by atomic mass is 9.53. The molecule has 3 N–H and O–H groups in total. The molecule has 4 saturated carbocycles. The maximum absolute atomic E-state index is 6.25. The summed E-state index contributed by atoms with van der Waals surface area (Å²) in [4.78, 5) is 0. The van der Waals surface area contributed by atoms with Crippen LogP contribution in [-0.4, -0.2) is 5.54 Å². The van der Waals surface area contributed by atoms with E-state index in [4.69, 9.17) is 5.73 Å². The fraction of sp³-hybridized carbons (Fsp3) is 0.647. The predicted octanol–water partition coefficient (Wildman–Crippen LogP) is 3.96. The summed E-state index contributed by atoms with van der Waals surface area (Å²) in [7, 11) is 0. The van der Waals surface area contributed by atoms with Gasteiger partial charge in [-0.3, -0.25) is 0 Å². The quantitative estimate of drug-likeness (QED) is 0.786. The molecule has 4 bridgehead atoms. The lowest BCUT2D eigenvalue weighted by Gasteiger charge is -2.57. The highest BCUT2D eigenvalue weighted by Crippen LogP contribution is 2.56. The van der Waals surface area contributed by atoms with E-state index in [2.05, 4.69) is 30.4 Å². The van der Waals surface area contributed by atoms with Gasteiger partial charge in [0.15, 0.2) is 0 Å². The number of hydrogen-bond acceptors (Lipinski definition) is 2. The molecule has 4 fully saturated rings. The van der Waals surface area contributed by atoms with E-state index in [-0.39, 0.29) is 0 Å². The molecule has 0 aliphatic heterocycles. The van der Waals surface area contributed by atoms with Gasteiger partial charge in [-0.1, -0.05) is 12.1 Å². The Morgan fingerprint density at radius 1 is 1.05 bits per heavy atom. The molecule has 0 heterocycles. The summed E-state index contributed by atoms with van der Waals surface area (Å²) in [5.74, 6) is 2.93. The number of anilines is 2. The Labute approximate surface area is 115 Å². The van der Waals surface area contributed by atoms with Crippen molar-refractivity contribution in [3.05, 3.63) is 23.8 Å². The second-order valence-electron chi connectivity index (χ2n) is 7.36. The number of rotatable bonds is 2. The topological polar surface area (TPSA) is 38.0 Å². The molecule has 2 nitrogen and oxygen atoms in total. The minimum atomic E-state index is 0.358. The van der Waals surface area contributed by atoms with E-state index in [1.165, 1.54) is 49.8 Å². The van der Waals surface area contributed by atoms with E-state index < -0.39 is 0 Å². The van der Waals surface area contributed by atoms with Gasteiger partial charge in [0.2, 0.25) is 0 Å². The van der Waals surface area contributed by atoms with Gasteiger partial charge in [0.05, 0.1) is 11.4 Å². The van der Waals surface area contributed by atoms with Crippen molar-refractivity contribution >= 4 is 11.4 Å². The normalized spacial score (nSPS) is 39.5. The van der Waals surface area contributed by atoms with E-state index in [1.807, 2.05) is 0 Å². The summed E-state index contributed by atoms with van der Waals surface area (Å²) >= 11 is 0. The van der Waals surface area contributed by atoms with Gasteiger partial charge in [-0.05, 0) is 74.8 Å². The first-order chi connectivity index (χ1) is 9.13. The number of nitrogens with two attached hydrogens (primary N) is 1. The Morgan fingerprint density at radius 3 is 2.21 bits per heavy atom. The lowest BCUT2D eigenvalue weighted by molar-refractivity contribution is 0.0107. The van der Waals surface area contributed by atoms with Crippen molar-refractivity contribution in [2.45, 2.75) is 51.0 Å². The molecule has 4 aliphatic rings. The Kier molecular flexibility index (Phi) is 2.39. The number of benzene rings is 1. The first-order valence-electron chi connectivity index (χ1n) is 7.77. The van der Waals surface area contributed by atoms with Crippen molar-refractivity contribution in [2.75, 3.05) is 11.1 Å². The van der Waals surface area contributed by atoms with E-state index in [0.717, 1.165) is 23.4 Å². The van der Waals surface area contributed by atoms with Crippen molar-refractivity contribution in [1.82, 2.24) is 0 Å². The van der Waals surface area contributed by atoms with Crippen molar-refractivity contribution in [3.8, 4) is 0 Å². The highest BCUT2D eigenvalue weighted by Gasteiger charge is 2.50. The Balaban J connectivity index is 1.64. The molecule has 102 valence electrons. The number of nitrogens with one attached hydrogen (secondary N) is 1.